The number of esters is 1. The van der Waals surface area contributed by atoms with Crippen LogP contribution in [-0.2, 0) is 14.3 Å². The number of nitrogens with one attached hydrogen (secondary N) is 2. The van der Waals surface area contributed by atoms with Gasteiger partial charge in [-0.2, -0.15) is 0 Å². The Kier molecular flexibility index (Phi) is 6.73. The summed E-state index contributed by atoms with van der Waals surface area (Å²) in [6.07, 6.45) is 1.49. The Labute approximate surface area is 153 Å². The molecule has 0 spiro atoms. The number of benzene rings is 1. The Morgan fingerprint density at radius 2 is 1.88 bits per heavy atom. The van der Waals surface area contributed by atoms with Crippen molar-refractivity contribution in [2.45, 2.75) is 6.10 Å². The molecule has 1 atom stereocenters. The largest absolute Gasteiger partial charge is 0.444 e. The van der Waals surface area contributed by atoms with Gasteiger partial charge in [0.2, 0.25) is 6.10 Å². The van der Waals surface area contributed by atoms with Gasteiger partial charge in [0.1, 0.15) is 0 Å². The summed E-state index contributed by atoms with van der Waals surface area (Å²) >= 11 is 7.12. The molecular formula is C17H15ClN2O4S. The molecule has 0 fully saturated rings. The Bertz CT molecular complexity index is 789. The van der Waals surface area contributed by atoms with Crippen molar-refractivity contribution in [3.63, 3.8) is 0 Å². The van der Waals surface area contributed by atoms with E-state index in [2.05, 4.69) is 10.6 Å². The van der Waals surface area contributed by atoms with Gasteiger partial charge in [0.15, 0.2) is 0 Å². The van der Waals surface area contributed by atoms with Crippen molar-refractivity contribution in [3.05, 3.63) is 63.3 Å². The minimum Gasteiger partial charge on any atom is -0.444 e. The van der Waals surface area contributed by atoms with E-state index >= 15 is 0 Å². The lowest BCUT2D eigenvalue weighted by atomic mass is 10.1. The van der Waals surface area contributed by atoms with Gasteiger partial charge in [0.05, 0.1) is 4.34 Å². The van der Waals surface area contributed by atoms with Crippen molar-refractivity contribution in [1.82, 2.24) is 10.6 Å². The number of halogens is 1. The molecule has 2 N–H and O–H groups in total. The third-order valence-electron chi connectivity index (χ3n) is 3.02. The number of imide groups is 1. The summed E-state index contributed by atoms with van der Waals surface area (Å²) < 4.78 is 5.82. The summed E-state index contributed by atoms with van der Waals surface area (Å²) in [6.45, 7) is 0. The Balaban J connectivity index is 2.12. The fraction of sp³-hybridized carbons (Fsp3) is 0.118. The molecular weight excluding hydrogens is 364 g/mol. The highest BCUT2D eigenvalue weighted by atomic mass is 35.5. The Morgan fingerprint density at radius 1 is 1.16 bits per heavy atom. The summed E-state index contributed by atoms with van der Waals surface area (Å²) in [7, 11) is 1.38. The van der Waals surface area contributed by atoms with Gasteiger partial charge in [-0.3, -0.25) is 10.1 Å². The van der Waals surface area contributed by atoms with Crippen LogP contribution in [0.3, 0.4) is 0 Å². The molecule has 25 heavy (non-hydrogen) atoms. The fourth-order valence-corrected chi connectivity index (χ4v) is 2.83. The van der Waals surface area contributed by atoms with Crippen molar-refractivity contribution in [2.75, 3.05) is 7.05 Å². The van der Waals surface area contributed by atoms with E-state index in [1.807, 2.05) is 0 Å². The zero-order valence-electron chi connectivity index (χ0n) is 13.2. The van der Waals surface area contributed by atoms with Crippen LogP contribution in [-0.4, -0.2) is 25.0 Å². The predicted octanol–water partition coefficient (Wildman–Crippen LogP) is 3.15. The highest BCUT2D eigenvalue weighted by Crippen LogP contribution is 2.23. The van der Waals surface area contributed by atoms with Crippen LogP contribution in [0, 0.1) is 0 Å². The molecule has 0 radical (unpaired) electrons. The van der Waals surface area contributed by atoms with Crippen LogP contribution in [0.15, 0.2) is 48.5 Å². The topological polar surface area (TPSA) is 84.5 Å². The SMILES string of the molecule is CNC(=O)NC(=O)C(OC(=O)C=Cc1ccc(Cl)s1)c1ccccc1. The second-order valence-electron chi connectivity index (χ2n) is 4.77. The standard InChI is InChI=1S/C17H15ClN2O4S/c1-19-17(23)20-16(22)15(11-5-3-2-4-6-11)24-14(21)10-8-12-7-9-13(18)25-12/h2-10,15H,1H3,(H2,19,20,22,23). The number of amides is 3. The van der Waals surface area contributed by atoms with Gasteiger partial charge in [-0.25, -0.2) is 9.59 Å². The zero-order valence-corrected chi connectivity index (χ0v) is 14.8. The summed E-state index contributed by atoms with van der Waals surface area (Å²) in [5, 5.41) is 4.37. The molecule has 2 aromatic rings. The Hall–Kier alpha value is -2.64. The summed E-state index contributed by atoms with van der Waals surface area (Å²) in [4.78, 5) is 36.4. The monoisotopic (exact) mass is 378 g/mol. The van der Waals surface area contributed by atoms with Gasteiger partial charge < -0.3 is 10.1 Å². The molecule has 0 saturated heterocycles. The van der Waals surface area contributed by atoms with Crippen molar-refractivity contribution in [2.24, 2.45) is 0 Å². The fourth-order valence-electron chi connectivity index (χ4n) is 1.86. The Morgan fingerprint density at radius 3 is 2.48 bits per heavy atom. The maximum absolute atomic E-state index is 12.2. The number of thiophene rings is 1. The van der Waals surface area contributed by atoms with Crippen LogP contribution in [0.5, 0.6) is 0 Å². The lowest BCUT2D eigenvalue weighted by molar-refractivity contribution is -0.151. The van der Waals surface area contributed by atoms with E-state index in [1.165, 1.54) is 30.5 Å². The maximum Gasteiger partial charge on any atom is 0.331 e. The third-order valence-corrected chi connectivity index (χ3v) is 4.21. The molecule has 2 rings (SSSR count). The number of hydrogen-bond donors (Lipinski definition) is 2. The first-order valence-corrected chi connectivity index (χ1v) is 8.40. The summed E-state index contributed by atoms with van der Waals surface area (Å²) in [6, 6.07) is 11.2. The molecule has 1 heterocycles. The van der Waals surface area contributed by atoms with Crippen LogP contribution in [0.2, 0.25) is 4.34 Å². The first-order valence-electron chi connectivity index (χ1n) is 7.21. The van der Waals surface area contributed by atoms with Crippen molar-refractivity contribution in [1.29, 1.82) is 0 Å². The molecule has 3 amide bonds. The minimum atomic E-state index is -1.25. The molecule has 1 aromatic heterocycles. The quantitative estimate of drug-likeness (QED) is 0.618. The molecule has 0 saturated carbocycles. The molecule has 130 valence electrons. The number of urea groups is 1. The normalized spacial score (nSPS) is 11.8. The third kappa shape index (κ3) is 5.74. The highest BCUT2D eigenvalue weighted by Gasteiger charge is 2.25. The maximum atomic E-state index is 12.2. The van der Waals surface area contributed by atoms with Crippen LogP contribution in [0.4, 0.5) is 4.79 Å². The van der Waals surface area contributed by atoms with Gasteiger partial charge in [-0.05, 0) is 18.2 Å². The van der Waals surface area contributed by atoms with E-state index in [-0.39, 0.29) is 0 Å². The second kappa shape index (κ2) is 9.00. The van der Waals surface area contributed by atoms with Crippen LogP contribution in [0.1, 0.15) is 16.5 Å². The number of carbonyl (C=O) groups excluding carboxylic acids is 3. The molecule has 6 nitrogen and oxygen atoms in total. The average Bonchev–Trinajstić information content (AvgIpc) is 3.03. The number of carbonyl (C=O) groups is 3. The van der Waals surface area contributed by atoms with Gasteiger partial charge in [0, 0.05) is 23.6 Å². The van der Waals surface area contributed by atoms with E-state index in [0.717, 1.165) is 4.88 Å². The molecule has 0 bridgehead atoms. The van der Waals surface area contributed by atoms with Crippen LogP contribution >= 0.6 is 22.9 Å². The smallest absolute Gasteiger partial charge is 0.331 e. The highest BCUT2D eigenvalue weighted by molar-refractivity contribution is 7.17. The molecule has 0 aliphatic rings. The molecule has 1 unspecified atom stereocenters. The van der Waals surface area contributed by atoms with Crippen molar-refractivity contribution < 1.29 is 19.1 Å². The minimum absolute atomic E-state index is 0.449. The van der Waals surface area contributed by atoms with Crippen LogP contribution in [0.25, 0.3) is 6.08 Å². The predicted molar refractivity (Wildman–Crippen MR) is 96.2 cm³/mol. The van der Waals surface area contributed by atoms with E-state index in [9.17, 15) is 14.4 Å². The van der Waals surface area contributed by atoms with E-state index in [0.29, 0.717) is 9.90 Å². The van der Waals surface area contributed by atoms with E-state index in [1.54, 1.807) is 42.5 Å². The zero-order chi connectivity index (χ0) is 18.2. The molecule has 0 aliphatic heterocycles. The lowest BCUT2D eigenvalue weighted by Crippen LogP contribution is -2.41. The first kappa shape index (κ1) is 18.7. The molecule has 1 aromatic carbocycles. The summed E-state index contributed by atoms with van der Waals surface area (Å²) in [5.41, 5.74) is 0.449. The second-order valence-corrected chi connectivity index (χ2v) is 6.52. The number of hydrogen-bond acceptors (Lipinski definition) is 5. The van der Waals surface area contributed by atoms with E-state index in [4.69, 9.17) is 16.3 Å². The molecule has 8 heteroatoms. The first-order chi connectivity index (χ1) is 12.0. The van der Waals surface area contributed by atoms with Crippen molar-refractivity contribution in [3.8, 4) is 0 Å². The van der Waals surface area contributed by atoms with Gasteiger partial charge in [-0.1, -0.05) is 41.9 Å². The van der Waals surface area contributed by atoms with Gasteiger partial charge in [-0.15, -0.1) is 11.3 Å². The van der Waals surface area contributed by atoms with Gasteiger partial charge in [0.25, 0.3) is 5.91 Å². The average molecular weight is 379 g/mol. The van der Waals surface area contributed by atoms with E-state index < -0.39 is 24.0 Å². The number of ether oxygens (including phenoxy) is 1. The number of rotatable bonds is 5. The van der Waals surface area contributed by atoms with Gasteiger partial charge >= 0.3 is 12.0 Å². The van der Waals surface area contributed by atoms with Crippen LogP contribution < -0.4 is 10.6 Å². The molecule has 0 aliphatic carbocycles. The summed E-state index contributed by atoms with van der Waals surface area (Å²) in [5.74, 6) is -1.46. The lowest BCUT2D eigenvalue weighted by Gasteiger charge is -2.16. The van der Waals surface area contributed by atoms with Crippen molar-refractivity contribution >= 4 is 46.9 Å².